The molecule has 6 heteroatoms. The maximum absolute atomic E-state index is 9.49. The first kappa shape index (κ1) is 14.7. The highest BCUT2D eigenvalue weighted by atomic mass is 35.5. The van der Waals surface area contributed by atoms with Gasteiger partial charge in [-0.25, -0.2) is 4.98 Å². The quantitative estimate of drug-likeness (QED) is 0.897. The lowest BCUT2D eigenvalue weighted by molar-refractivity contribution is 0.239. The first-order valence-corrected chi connectivity index (χ1v) is 7.40. The van der Waals surface area contributed by atoms with Gasteiger partial charge >= 0.3 is 0 Å². The van der Waals surface area contributed by atoms with Crippen molar-refractivity contribution in [2.24, 2.45) is 0 Å². The molecule has 1 aromatic rings. The largest absolute Gasteiger partial charge is 0.394 e. The molecule has 1 fully saturated rings. The van der Waals surface area contributed by atoms with Crippen molar-refractivity contribution in [1.82, 2.24) is 4.98 Å². The van der Waals surface area contributed by atoms with Crippen LogP contribution in [0.25, 0.3) is 0 Å². The molecule has 1 aromatic heterocycles. The number of piperidine rings is 1. The Morgan fingerprint density at radius 3 is 2.89 bits per heavy atom. The molecule has 1 aliphatic heterocycles. The van der Waals surface area contributed by atoms with Crippen molar-refractivity contribution < 1.29 is 5.11 Å². The van der Waals surface area contributed by atoms with E-state index in [-0.39, 0.29) is 12.6 Å². The van der Waals surface area contributed by atoms with Crippen molar-refractivity contribution in [3.63, 3.8) is 0 Å². The van der Waals surface area contributed by atoms with E-state index in [1.165, 1.54) is 0 Å². The van der Waals surface area contributed by atoms with E-state index in [4.69, 9.17) is 23.2 Å². The molecule has 1 atom stereocenters. The number of hydrogen-bond acceptors (Lipinski definition) is 4. The molecule has 1 saturated heterocycles. The number of halogens is 2. The van der Waals surface area contributed by atoms with Crippen LogP contribution in [-0.4, -0.2) is 35.8 Å². The van der Waals surface area contributed by atoms with Gasteiger partial charge in [-0.2, -0.15) is 0 Å². The Bertz CT molecular complexity index is 442. The molecule has 2 rings (SSSR count). The van der Waals surface area contributed by atoms with Gasteiger partial charge in [0, 0.05) is 13.1 Å². The fourth-order valence-electron chi connectivity index (χ4n) is 2.42. The van der Waals surface area contributed by atoms with Gasteiger partial charge in [0.1, 0.15) is 11.6 Å². The number of nitrogens with zero attached hydrogens (tertiary/aromatic N) is 2. The van der Waals surface area contributed by atoms with Crippen LogP contribution < -0.4 is 10.2 Å². The van der Waals surface area contributed by atoms with Gasteiger partial charge in [0.25, 0.3) is 0 Å². The van der Waals surface area contributed by atoms with Crippen LogP contribution in [0, 0.1) is 0 Å². The van der Waals surface area contributed by atoms with Crippen LogP contribution in [0.4, 0.5) is 11.6 Å². The minimum absolute atomic E-state index is 0.0920. The lowest BCUT2D eigenvalue weighted by Crippen LogP contribution is -2.42. The van der Waals surface area contributed by atoms with Crippen molar-refractivity contribution >= 4 is 34.8 Å². The normalized spacial score (nSPS) is 19.6. The molecule has 4 nitrogen and oxygen atoms in total. The Labute approximate surface area is 123 Å². The Morgan fingerprint density at radius 1 is 1.42 bits per heavy atom. The van der Waals surface area contributed by atoms with Crippen molar-refractivity contribution in [3.8, 4) is 0 Å². The van der Waals surface area contributed by atoms with Crippen LogP contribution >= 0.6 is 23.2 Å². The maximum atomic E-state index is 9.49. The molecule has 0 bridgehead atoms. The molecule has 2 N–H and O–H groups in total. The predicted molar refractivity (Wildman–Crippen MR) is 80.5 cm³/mol. The van der Waals surface area contributed by atoms with Crippen LogP contribution in [-0.2, 0) is 0 Å². The summed E-state index contributed by atoms with van der Waals surface area (Å²) in [6, 6.07) is 1.81. The Kier molecular flexibility index (Phi) is 5.13. The van der Waals surface area contributed by atoms with Gasteiger partial charge in [-0.1, -0.05) is 23.2 Å². The topological polar surface area (TPSA) is 48.4 Å². The van der Waals surface area contributed by atoms with Gasteiger partial charge in [0.2, 0.25) is 0 Å². The predicted octanol–water partition coefficient (Wildman–Crippen LogP) is 3.17. The van der Waals surface area contributed by atoms with Crippen molar-refractivity contribution in [2.45, 2.75) is 32.2 Å². The standard InChI is InChI=1S/C13H19Cl2N3O/c1-2-16-12-10(14)7-11(15)13(17-12)18-6-4-3-5-9(18)8-19/h7,9,19H,2-6,8H2,1H3,(H,16,17). The third kappa shape index (κ3) is 3.25. The highest BCUT2D eigenvalue weighted by molar-refractivity contribution is 6.37. The molecular weight excluding hydrogens is 285 g/mol. The summed E-state index contributed by atoms with van der Waals surface area (Å²) in [5.41, 5.74) is 0. The second-order valence-electron chi connectivity index (χ2n) is 4.68. The summed E-state index contributed by atoms with van der Waals surface area (Å²) in [5, 5.41) is 13.7. The molecule has 0 aliphatic carbocycles. The molecule has 1 unspecified atom stereocenters. The van der Waals surface area contributed by atoms with E-state index in [9.17, 15) is 5.11 Å². The molecule has 2 heterocycles. The third-order valence-corrected chi connectivity index (χ3v) is 3.93. The lowest BCUT2D eigenvalue weighted by atomic mass is 10.0. The number of hydrogen-bond donors (Lipinski definition) is 2. The van der Waals surface area contributed by atoms with E-state index in [0.29, 0.717) is 21.7 Å². The summed E-state index contributed by atoms with van der Waals surface area (Å²) < 4.78 is 0. The second kappa shape index (κ2) is 6.64. The fraction of sp³-hybridized carbons (Fsp3) is 0.615. The summed E-state index contributed by atoms with van der Waals surface area (Å²) >= 11 is 12.4. The number of nitrogens with one attached hydrogen (secondary N) is 1. The van der Waals surface area contributed by atoms with E-state index in [1.807, 2.05) is 6.92 Å². The van der Waals surface area contributed by atoms with Crippen molar-refractivity contribution in [2.75, 3.05) is 29.9 Å². The molecule has 106 valence electrons. The van der Waals surface area contributed by atoms with Gasteiger partial charge in [-0.3, -0.25) is 0 Å². The van der Waals surface area contributed by atoms with E-state index in [1.54, 1.807) is 6.07 Å². The van der Waals surface area contributed by atoms with Crippen molar-refractivity contribution in [1.29, 1.82) is 0 Å². The summed E-state index contributed by atoms with van der Waals surface area (Å²) in [6.45, 7) is 3.73. The molecular formula is C13H19Cl2N3O. The van der Waals surface area contributed by atoms with Gasteiger partial charge in [0.15, 0.2) is 0 Å². The SMILES string of the molecule is CCNc1nc(N2CCCCC2CO)c(Cl)cc1Cl. The van der Waals surface area contributed by atoms with E-state index < -0.39 is 0 Å². The van der Waals surface area contributed by atoms with E-state index in [0.717, 1.165) is 32.4 Å². The second-order valence-corrected chi connectivity index (χ2v) is 5.49. The molecule has 1 aliphatic rings. The summed E-state index contributed by atoms with van der Waals surface area (Å²) in [5.74, 6) is 1.35. The lowest BCUT2D eigenvalue weighted by Gasteiger charge is -2.36. The van der Waals surface area contributed by atoms with Gasteiger partial charge in [-0.15, -0.1) is 0 Å². The van der Waals surface area contributed by atoms with Gasteiger partial charge in [0.05, 0.1) is 22.7 Å². The molecule has 0 aromatic carbocycles. The number of pyridine rings is 1. The highest BCUT2D eigenvalue weighted by Crippen LogP contribution is 2.34. The number of rotatable bonds is 4. The molecule has 0 spiro atoms. The first-order chi connectivity index (χ1) is 9.17. The van der Waals surface area contributed by atoms with Crippen LogP contribution in [0.2, 0.25) is 10.0 Å². The zero-order valence-electron chi connectivity index (χ0n) is 11.0. The molecule has 0 saturated carbocycles. The Balaban J connectivity index is 2.34. The molecule has 19 heavy (non-hydrogen) atoms. The zero-order valence-corrected chi connectivity index (χ0v) is 12.5. The molecule has 0 radical (unpaired) electrons. The van der Waals surface area contributed by atoms with E-state index in [2.05, 4.69) is 15.2 Å². The minimum atomic E-state index is 0.0920. The maximum Gasteiger partial charge on any atom is 0.150 e. The minimum Gasteiger partial charge on any atom is -0.394 e. The Morgan fingerprint density at radius 2 is 2.21 bits per heavy atom. The first-order valence-electron chi connectivity index (χ1n) is 6.64. The summed E-state index contributed by atoms with van der Waals surface area (Å²) in [6.07, 6.45) is 3.19. The average molecular weight is 304 g/mol. The van der Waals surface area contributed by atoms with Crippen LogP contribution in [0.1, 0.15) is 26.2 Å². The number of anilines is 2. The van der Waals surface area contributed by atoms with Crippen LogP contribution in [0.15, 0.2) is 6.07 Å². The summed E-state index contributed by atoms with van der Waals surface area (Å²) in [4.78, 5) is 6.61. The van der Waals surface area contributed by atoms with Crippen molar-refractivity contribution in [3.05, 3.63) is 16.1 Å². The van der Waals surface area contributed by atoms with Crippen LogP contribution in [0.3, 0.4) is 0 Å². The van der Waals surface area contributed by atoms with Gasteiger partial charge in [-0.05, 0) is 32.3 Å². The number of aromatic nitrogens is 1. The van der Waals surface area contributed by atoms with E-state index >= 15 is 0 Å². The smallest absolute Gasteiger partial charge is 0.150 e. The fourth-order valence-corrected chi connectivity index (χ4v) is 2.95. The number of aliphatic hydroxyl groups excluding tert-OH is 1. The zero-order chi connectivity index (χ0) is 13.8. The van der Waals surface area contributed by atoms with Crippen LogP contribution in [0.5, 0.6) is 0 Å². The monoisotopic (exact) mass is 303 g/mol. The third-order valence-electron chi connectivity index (χ3n) is 3.37. The Hall–Kier alpha value is -0.710. The highest BCUT2D eigenvalue weighted by Gasteiger charge is 2.25. The summed E-state index contributed by atoms with van der Waals surface area (Å²) in [7, 11) is 0. The number of aliphatic hydroxyl groups is 1. The molecule has 0 amide bonds. The average Bonchev–Trinajstić information content (AvgIpc) is 2.42. The van der Waals surface area contributed by atoms with Gasteiger partial charge < -0.3 is 15.3 Å².